The van der Waals surface area contributed by atoms with Gasteiger partial charge in [-0.1, -0.05) is 30.3 Å². The predicted molar refractivity (Wildman–Crippen MR) is 111 cm³/mol. The van der Waals surface area contributed by atoms with E-state index in [4.69, 9.17) is 5.73 Å². The van der Waals surface area contributed by atoms with E-state index in [2.05, 4.69) is 16.0 Å². The van der Waals surface area contributed by atoms with Crippen LogP contribution in [0.2, 0.25) is 0 Å². The molecule has 0 radical (unpaired) electrons. The number of hydrogen-bond acceptors (Lipinski definition) is 6. The van der Waals surface area contributed by atoms with Crippen LogP contribution < -0.4 is 21.7 Å². The molecule has 1 aromatic rings. The Kier molecular flexibility index (Phi) is 10.8. The van der Waals surface area contributed by atoms with Gasteiger partial charge in [-0.2, -0.15) is 11.8 Å². The highest BCUT2D eigenvalue weighted by Gasteiger charge is 2.26. The van der Waals surface area contributed by atoms with Crippen LogP contribution in [0.5, 0.6) is 0 Å². The molecule has 3 atom stereocenters. The first kappa shape index (κ1) is 24.4. The lowest BCUT2D eigenvalue weighted by atomic mass is 10.1. The quantitative estimate of drug-likeness (QED) is 0.303. The Morgan fingerprint density at radius 1 is 1.07 bits per heavy atom. The molecule has 0 saturated heterocycles. The van der Waals surface area contributed by atoms with Gasteiger partial charge in [-0.25, -0.2) is 4.79 Å². The summed E-state index contributed by atoms with van der Waals surface area (Å²) in [5.74, 6) is -2.22. The molecule has 0 aliphatic rings. The minimum absolute atomic E-state index is 0.121. The lowest BCUT2D eigenvalue weighted by molar-refractivity contribution is -0.142. The smallest absolute Gasteiger partial charge is 0.326 e. The van der Waals surface area contributed by atoms with Crippen LogP contribution in [0.15, 0.2) is 30.3 Å². The van der Waals surface area contributed by atoms with Crippen molar-refractivity contribution in [3.63, 3.8) is 0 Å². The zero-order valence-corrected chi connectivity index (χ0v) is 17.3. The topological polar surface area (TPSA) is 151 Å². The van der Waals surface area contributed by atoms with Crippen molar-refractivity contribution in [3.8, 4) is 0 Å². The van der Waals surface area contributed by atoms with Crippen molar-refractivity contribution >= 4 is 35.5 Å². The fraction of sp³-hybridized carbons (Fsp3) is 0.474. The van der Waals surface area contributed by atoms with Crippen molar-refractivity contribution in [1.82, 2.24) is 16.0 Å². The molecule has 0 spiro atoms. The number of benzene rings is 1. The second-order valence-electron chi connectivity index (χ2n) is 6.50. The first-order chi connectivity index (χ1) is 13.7. The Hall–Kier alpha value is -2.59. The average Bonchev–Trinajstić information content (AvgIpc) is 2.69. The molecule has 3 amide bonds. The van der Waals surface area contributed by atoms with E-state index in [9.17, 15) is 24.3 Å². The molecule has 1 aromatic carbocycles. The summed E-state index contributed by atoms with van der Waals surface area (Å²) in [5.41, 5.74) is 6.18. The number of amides is 3. The number of nitrogens with two attached hydrogens (primary N) is 1. The normalized spacial score (nSPS) is 13.6. The van der Waals surface area contributed by atoms with Crippen molar-refractivity contribution in [3.05, 3.63) is 35.9 Å². The molecule has 1 rings (SSSR count). The number of carboxylic acids is 1. The van der Waals surface area contributed by atoms with Gasteiger partial charge in [0.2, 0.25) is 17.7 Å². The molecule has 0 aromatic heterocycles. The number of carboxylic acid groups (broad SMARTS) is 1. The average molecular weight is 425 g/mol. The van der Waals surface area contributed by atoms with Crippen LogP contribution in [0.4, 0.5) is 0 Å². The molecule has 0 aliphatic heterocycles. The van der Waals surface area contributed by atoms with Gasteiger partial charge in [0.25, 0.3) is 0 Å². The van der Waals surface area contributed by atoms with Crippen LogP contribution in [0, 0.1) is 0 Å². The SMILES string of the molecule is CSCCC(NC(=O)CNC(=O)C(C)N)C(=O)NC(Cc1ccccc1)C(=O)O. The van der Waals surface area contributed by atoms with Gasteiger partial charge in [-0.15, -0.1) is 0 Å². The van der Waals surface area contributed by atoms with Crippen LogP contribution in [0.1, 0.15) is 18.9 Å². The summed E-state index contributed by atoms with van der Waals surface area (Å²) in [6.45, 7) is 1.16. The van der Waals surface area contributed by atoms with E-state index in [1.54, 1.807) is 24.3 Å². The molecule has 29 heavy (non-hydrogen) atoms. The van der Waals surface area contributed by atoms with Gasteiger partial charge < -0.3 is 26.8 Å². The van der Waals surface area contributed by atoms with Crippen molar-refractivity contribution in [1.29, 1.82) is 0 Å². The largest absolute Gasteiger partial charge is 0.480 e. The zero-order valence-electron chi connectivity index (χ0n) is 16.5. The van der Waals surface area contributed by atoms with Gasteiger partial charge in [0.1, 0.15) is 12.1 Å². The van der Waals surface area contributed by atoms with Crippen LogP contribution in [-0.2, 0) is 25.6 Å². The van der Waals surface area contributed by atoms with Crippen molar-refractivity contribution in [2.24, 2.45) is 5.73 Å². The van der Waals surface area contributed by atoms with Crippen LogP contribution >= 0.6 is 11.8 Å². The molecule has 0 aliphatic carbocycles. The van der Waals surface area contributed by atoms with Crippen LogP contribution in [0.25, 0.3) is 0 Å². The van der Waals surface area contributed by atoms with E-state index in [1.807, 2.05) is 12.3 Å². The van der Waals surface area contributed by atoms with Gasteiger partial charge in [-0.05, 0) is 30.9 Å². The van der Waals surface area contributed by atoms with Crippen molar-refractivity contribution in [2.45, 2.75) is 37.9 Å². The van der Waals surface area contributed by atoms with Crippen molar-refractivity contribution in [2.75, 3.05) is 18.6 Å². The Labute approximate surface area is 174 Å². The highest BCUT2D eigenvalue weighted by Crippen LogP contribution is 2.06. The summed E-state index contributed by atoms with van der Waals surface area (Å²) in [4.78, 5) is 47.8. The summed E-state index contributed by atoms with van der Waals surface area (Å²) < 4.78 is 0. The lowest BCUT2D eigenvalue weighted by Crippen LogP contribution is -2.54. The lowest BCUT2D eigenvalue weighted by Gasteiger charge is -2.21. The summed E-state index contributed by atoms with van der Waals surface area (Å²) in [6.07, 6.45) is 2.29. The third-order valence-electron chi connectivity index (χ3n) is 4.00. The first-order valence-electron chi connectivity index (χ1n) is 9.13. The van der Waals surface area contributed by atoms with E-state index in [-0.39, 0.29) is 13.0 Å². The van der Waals surface area contributed by atoms with E-state index < -0.39 is 41.8 Å². The molecule has 160 valence electrons. The fourth-order valence-electron chi connectivity index (χ4n) is 2.40. The van der Waals surface area contributed by atoms with Gasteiger partial charge in [0.05, 0.1) is 12.6 Å². The van der Waals surface area contributed by atoms with Crippen molar-refractivity contribution < 1.29 is 24.3 Å². The molecule has 0 saturated carbocycles. The Bertz CT molecular complexity index is 699. The van der Waals surface area contributed by atoms with Gasteiger partial charge in [-0.3, -0.25) is 14.4 Å². The predicted octanol–water partition coefficient (Wildman–Crippen LogP) is -0.500. The Balaban J connectivity index is 2.73. The number of nitrogens with one attached hydrogen (secondary N) is 3. The van der Waals surface area contributed by atoms with Crippen LogP contribution in [-0.4, -0.2) is 65.5 Å². The zero-order chi connectivity index (χ0) is 21.8. The number of rotatable bonds is 12. The summed E-state index contributed by atoms with van der Waals surface area (Å²) in [7, 11) is 0. The molecule has 6 N–H and O–H groups in total. The van der Waals surface area contributed by atoms with E-state index >= 15 is 0 Å². The number of carbonyl (C=O) groups is 4. The molecular formula is C19H28N4O5S. The maximum Gasteiger partial charge on any atom is 0.326 e. The second kappa shape index (κ2) is 12.8. The minimum Gasteiger partial charge on any atom is -0.480 e. The highest BCUT2D eigenvalue weighted by molar-refractivity contribution is 7.98. The van der Waals surface area contributed by atoms with E-state index in [0.717, 1.165) is 5.56 Å². The van der Waals surface area contributed by atoms with Crippen LogP contribution in [0.3, 0.4) is 0 Å². The molecule has 9 nitrogen and oxygen atoms in total. The number of thioether (sulfide) groups is 1. The van der Waals surface area contributed by atoms with Gasteiger partial charge >= 0.3 is 5.97 Å². The number of aliphatic carboxylic acids is 1. The Morgan fingerprint density at radius 3 is 2.28 bits per heavy atom. The van der Waals surface area contributed by atoms with E-state index in [0.29, 0.717) is 12.2 Å². The van der Waals surface area contributed by atoms with Gasteiger partial charge in [0, 0.05) is 6.42 Å². The third-order valence-corrected chi connectivity index (χ3v) is 4.64. The molecule has 10 heteroatoms. The maximum absolute atomic E-state index is 12.6. The second-order valence-corrected chi connectivity index (χ2v) is 7.48. The highest BCUT2D eigenvalue weighted by atomic mass is 32.2. The summed E-state index contributed by atoms with van der Waals surface area (Å²) >= 11 is 1.49. The van der Waals surface area contributed by atoms with Gasteiger partial charge in [0.15, 0.2) is 0 Å². The standard InChI is InChI=1S/C19H28N4O5S/c1-12(20)17(25)21-11-16(24)22-14(8-9-29-2)18(26)23-15(19(27)28)10-13-6-4-3-5-7-13/h3-7,12,14-15H,8-11,20H2,1-2H3,(H,21,25)(H,22,24)(H,23,26)(H,27,28). The summed E-state index contributed by atoms with van der Waals surface area (Å²) in [6, 6.07) is 6.13. The Morgan fingerprint density at radius 2 is 1.72 bits per heavy atom. The molecule has 0 heterocycles. The number of hydrogen-bond donors (Lipinski definition) is 5. The first-order valence-corrected chi connectivity index (χ1v) is 10.5. The minimum atomic E-state index is -1.17. The maximum atomic E-state index is 12.6. The fourth-order valence-corrected chi connectivity index (χ4v) is 2.87. The number of carbonyl (C=O) groups excluding carboxylic acids is 3. The molecule has 0 bridgehead atoms. The molecule has 0 fully saturated rings. The molecular weight excluding hydrogens is 396 g/mol. The summed E-state index contributed by atoms with van der Waals surface area (Å²) in [5, 5.41) is 16.9. The molecule has 3 unspecified atom stereocenters. The monoisotopic (exact) mass is 424 g/mol. The van der Waals surface area contributed by atoms with E-state index in [1.165, 1.54) is 18.7 Å². The third kappa shape index (κ3) is 9.44.